The summed E-state index contributed by atoms with van der Waals surface area (Å²) >= 11 is 0. The molecule has 0 aliphatic carbocycles. The largest absolute Gasteiger partial charge is 0.294 e. The van der Waals surface area contributed by atoms with Crippen molar-refractivity contribution in [2.45, 2.75) is 33.2 Å². The van der Waals surface area contributed by atoms with Crippen LogP contribution in [-0.4, -0.2) is 41.2 Å². The van der Waals surface area contributed by atoms with E-state index in [4.69, 9.17) is 5.84 Å². The van der Waals surface area contributed by atoms with E-state index in [-0.39, 0.29) is 30.8 Å². The predicted octanol–water partition coefficient (Wildman–Crippen LogP) is -1.26. The van der Waals surface area contributed by atoms with E-state index in [1.165, 1.54) is 0 Å². The smallest absolute Gasteiger partial charge is 0.246 e. The van der Waals surface area contributed by atoms with Gasteiger partial charge in [0, 0.05) is 6.54 Å². The molecule has 0 unspecified atom stereocenters. The molecular formula is C11H20N4O3. The fourth-order valence-corrected chi connectivity index (χ4v) is 1.83. The molecule has 0 spiro atoms. The van der Waals surface area contributed by atoms with Crippen molar-refractivity contribution in [3.8, 4) is 0 Å². The molecule has 0 aromatic carbocycles. The molecule has 7 heteroatoms. The first-order valence-corrected chi connectivity index (χ1v) is 5.71. The van der Waals surface area contributed by atoms with Crippen LogP contribution < -0.4 is 16.6 Å². The highest BCUT2D eigenvalue weighted by Crippen LogP contribution is 2.25. The Kier molecular flexibility index (Phi) is 3.78. The molecular weight excluding hydrogens is 236 g/mol. The molecule has 1 saturated heterocycles. The van der Waals surface area contributed by atoms with Crippen LogP contribution in [-0.2, 0) is 14.4 Å². The van der Waals surface area contributed by atoms with Gasteiger partial charge in [-0.1, -0.05) is 0 Å². The normalized spacial score (nSPS) is 20.5. The third kappa shape index (κ3) is 2.68. The molecule has 0 radical (unpaired) electrons. The monoisotopic (exact) mass is 256 g/mol. The Morgan fingerprint density at radius 3 is 2.56 bits per heavy atom. The molecule has 1 aliphatic heterocycles. The van der Waals surface area contributed by atoms with Crippen molar-refractivity contribution >= 4 is 17.7 Å². The number of nitrogens with zero attached hydrogens (tertiary/aromatic N) is 1. The van der Waals surface area contributed by atoms with Crippen LogP contribution in [0.1, 0.15) is 27.7 Å². The lowest BCUT2D eigenvalue weighted by atomic mass is 9.88. The number of nitrogens with one attached hydrogen (secondary N) is 2. The standard InChI is InChI=1S/C11H20N4O3/c1-10(2,8(17)14-12)6-15-5-7(16)13-9(18)11(15,3)4/h5-6,12H2,1-4H3,(H,14,17)(H,13,16,18). The second-order valence-corrected chi connectivity index (χ2v) is 5.65. The molecule has 7 nitrogen and oxygen atoms in total. The minimum Gasteiger partial charge on any atom is -0.294 e. The molecule has 0 saturated carbocycles. The average molecular weight is 256 g/mol. The zero-order chi connectivity index (χ0) is 14.1. The number of piperazine rings is 1. The van der Waals surface area contributed by atoms with Gasteiger partial charge in [0.05, 0.1) is 17.5 Å². The molecule has 0 aromatic rings. The van der Waals surface area contributed by atoms with Gasteiger partial charge in [0.1, 0.15) is 0 Å². The highest BCUT2D eigenvalue weighted by molar-refractivity contribution is 6.03. The molecule has 1 rings (SSSR count). The van der Waals surface area contributed by atoms with Gasteiger partial charge in [-0.2, -0.15) is 0 Å². The fourth-order valence-electron chi connectivity index (χ4n) is 1.83. The maximum Gasteiger partial charge on any atom is 0.246 e. The number of hydrogen-bond acceptors (Lipinski definition) is 5. The van der Waals surface area contributed by atoms with Crippen LogP contribution in [0.15, 0.2) is 0 Å². The van der Waals surface area contributed by atoms with E-state index < -0.39 is 11.0 Å². The van der Waals surface area contributed by atoms with Crippen LogP contribution in [0.2, 0.25) is 0 Å². The zero-order valence-electron chi connectivity index (χ0n) is 11.2. The number of hydrogen-bond donors (Lipinski definition) is 3. The Balaban J connectivity index is 2.91. The summed E-state index contributed by atoms with van der Waals surface area (Å²) in [6.07, 6.45) is 0. The Morgan fingerprint density at radius 1 is 1.50 bits per heavy atom. The van der Waals surface area contributed by atoms with E-state index in [9.17, 15) is 14.4 Å². The van der Waals surface area contributed by atoms with Gasteiger partial charge in [0.2, 0.25) is 17.7 Å². The molecule has 0 aromatic heterocycles. The third-order valence-corrected chi connectivity index (χ3v) is 3.27. The van der Waals surface area contributed by atoms with Gasteiger partial charge in [-0.05, 0) is 27.7 Å². The summed E-state index contributed by atoms with van der Waals surface area (Å²) in [7, 11) is 0. The van der Waals surface area contributed by atoms with E-state index in [2.05, 4.69) is 10.7 Å². The first-order chi connectivity index (χ1) is 8.11. The van der Waals surface area contributed by atoms with Crippen molar-refractivity contribution in [3.05, 3.63) is 0 Å². The second-order valence-electron chi connectivity index (χ2n) is 5.65. The Hall–Kier alpha value is -1.47. The third-order valence-electron chi connectivity index (χ3n) is 3.27. The van der Waals surface area contributed by atoms with Crippen LogP contribution in [0.5, 0.6) is 0 Å². The fraction of sp³-hybridized carbons (Fsp3) is 0.727. The van der Waals surface area contributed by atoms with E-state index in [0.29, 0.717) is 0 Å². The number of carbonyl (C=O) groups is 3. The summed E-state index contributed by atoms with van der Waals surface area (Å²) in [6, 6.07) is 0. The first kappa shape index (κ1) is 14.6. The van der Waals surface area contributed by atoms with Crippen molar-refractivity contribution in [1.82, 2.24) is 15.6 Å². The highest BCUT2D eigenvalue weighted by atomic mass is 16.2. The maximum absolute atomic E-state index is 11.8. The number of nitrogens with two attached hydrogens (primary N) is 1. The molecule has 3 amide bonds. The molecule has 1 aliphatic rings. The SMILES string of the molecule is CC(C)(CN1CC(=O)NC(=O)C1(C)C)C(=O)NN. The second kappa shape index (κ2) is 4.66. The van der Waals surface area contributed by atoms with Crippen LogP contribution in [0.3, 0.4) is 0 Å². The van der Waals surface area contributed by atoms with Crippen LogP contribution in [0.4, 0.5) is 0 Å². The van der Waals surface area contributed by atoms with E-state index in [1.807, 2.05) is 0 Å². The predicted molar refractivity (Wildman–Crippen MR) is 64.9 cm³/mol. The summed E-state index contributed by atoms with van der Waals surface area (Å²) < 4.78 is 0. The number of imide groups is 1. The van der Waals surface area contributed by atoms with E-state index >= 15 is 0 Å². The summed E-state index contributed by atoms with van der Waals surface area (Å²) in [5.41, 5.74) is 0.472. The van der Waals surface area contributed by atoms with E-state index in [0.717, 1.165) is 0 Å². The number of rotatable bonds is 3. The lowest BCUT2D eigenvalue weighted by molar-refractivity contribution is -0.148. The number of amides is 3. The molecule has 18 heavy (non-hydrogen) atoms. The lowest BCUT2D eigenvalue weighted by Gasteiger charge is -2.43. The molecule has 0 atom stereocenters. The van der Waals surface area contributed by atoms with Gasteiger partial charge in [-0.25, -0.2) is 5.84 Å². The van der Waals surface area contributed by atoms with Crippen molar-refractivity contribution in [1.29, 1.82) is 0 Å². The number of hydrazine groups is 1. The van der Waals surface area contributed by atoms with Crippen molar-refractivity contribution < 1.29 is 14.4 Å². The molecule has 4 N–H and O–H groups in total. The van der Waals surface area contributed by atoms with Gasteiger partial charge < -0.3 is 0 Å². The zero-order valence-corrected chi connectivity index (χ0v) is 11.2. The van der Waals surface area contributed by atoms with E-state index in [1.54, 1.807) is 32.6 Å². The van der Waals surface area contributed by atoms with Crippen LogP contribution >= 0.6 is 0 Å². The maximum atomic E-state index is 11.8. The molecule has 1 heterocycles. The Labute approximate surface area is 106 Å². The molecule has 102 valence electrons. The average Bonchev–Trinajstić information content (AvgIpc) is 2.24. The van der Waals surface area contributed by atoms with Crippen molar-refractivity contribution in [2.75, 3.05) is 13.1 Å². The van der Waals surface area contributed by atoms with Gasteiger partial charge in [-0.15, -0.1) is 0 Å². The summed E-state index contributed by atoms with van der Waals surface area (Å²) in [5, 5.41) is 2.28. The van der Waals surface area contributed by atoms with Gasteiger partial charge >= 0.3 is 0 Å². The van der Waals surface area contributed by atoms with Crippen molar-refractivity contribution in [2.24, 2.45) is 11.3 Å². The van der Waals surface area contributed by atoms with Gasteiger partial charge in [0.25, 0.3) is 0 Å². The number of carbonyl (C=O) groups excluding carboxylic acids is 3. The first-order valence-electron chi connectivity index (χ1n) is 5.71. The molecule has 1 fully saturated rings. The topological polar surface area (TPSA) is 105 Å². The summed E-state index contributed by atoms with van der Waals surface area (Å²) in [6.45, 7) is 7.20. The molecule has 0 bridgehead atoms. The highest BCUT2D eigenvalue weighted by Gasteiger charge is 2.44. The van der Waals surface area contributed by atoms with Crippen LogP contribution in [0, 0.1) is 5.41 Å². The Bertz CT molecular complexity index is 390. The van der Waals surface area contributed by atoms with Gasteiger partial charge in [-0.3, -0.25) is 30.0 Å². The Morgan fingerprint density at radius 2 is 2.06 bits per heavy atom. The summed E-state index contributed by atoms with van der Waals surface area (Å²) in [5.74, 6) is 4.07. The van der Waals surface area contributed by atoms with Gasteiger partial charge in [0.15, 0.2) is 0 Å². The minimum absolute atomic E-state index is 0.0834. The van der Waals surface area contributed by atoms with Crippen molar-refractivity contribution in [3.63, 3.8) is 0 Å². The lowest BCUT2D eigenvalue weighted by Crippen LogP contribution is -2.66. The quantitative estimate of drug-likeness (QED) is 0.253. The summed E-state index contributed by atoms with van der Waals surface area (Å²) in [4.78, 5) is 36.5. The van der Waals surface area contributed by atoms with Crippen LogP contribution in [0.25, 0.3) is 0 Å². The minimum atomic E-state index is -0.833.